The van der Waals surface area contributed by atoms with Crippen LogP contribution in [-0.4, -0.2) is 16.8 Å². The molecule has 0 saturated carbocycles. The summed E-state index contributed by atoms with van der Waals surface area (Å²) in [4.78, 5) is 30.7. The Morgan fingerprint density at radius 3 is 2.55 bits per heavy atom. The number of carbonyl (C=O) groups is 2. The molecule has 2 amide bonds. The minimum Gasteiger partial charge on any atom is -0.352 e. The molecule has 0 unspecified atom stereocenters. The zero-order valence-corrected chi connectivity index (χ0v) is 18.0. The van der Waals surface area contributed by atoms with Gasteiger partial charge in [0.15, 0.2) is 5.13 Å². The van der Waals surface area contributed by atoms with Crippen molar-refractivity contribution in [3.63, 3.8) is 0 Å². The fourth-order valence-electron chi connectivity index (χ4n) is 2.48. The average Bonchev–Trinajstić information content (AvgIpc) is 3.14. The van der Waals surface area contributed by atoms with Gasteiger partial charge >= 0.3 is 0 Å². The predicted molar refractivity (Wildman–Crippen MR) is 118 cm³/mol. The number of rotatable bonds is 8. The summed E-state index contributed by atoms with van der Waals surface area (Å²) in [6.07, 6.45) is 0.183. The van der Waals surface area contributed by atoms with Crippen molar-refractivity contribution in [3.05, 3.63) is 71.2 Å². The number of hydrogen-bond acceptors (Lipinski definition) is 5. The highest BCUT2D eigenvalue weighted by molar-refractivity contribution is 7.99. The maximum atomic E-state index is 12.4. The Hall–Kier alpha value is -2.64. The van der Waals surface area contributed by atoms with Gasteiger partial charge in [0.25, 0.3) is 0 Å². The summed E-state index contributed by atoms with van der Waals surface area (Å²) >= 11 is 3.01. The third kappa shape index (κ3) is 6.44. The lowest BCUT2D eigenvalue weighted by Crippen LogP contribution is -2.25. The van der Waals surface area contributed by atoms with Crippen molar-refractivity contribution in [1.29, 1.82) is 0 Å². The summed E-state index contributed by atoms with van der Waals surface area (Å²) in [5.74, 6) is -0.293. The van der Waals surface area contributed by atoms with Gasteiger partial charge in [-0.25, -0.2) is 4.98 Å². The van der Waals surface area contributed by atoms with Crippen LogP contribution >= 0.6 is 23.1 Å². The summed E-state index contributed by atoms with van der Waals surface area (Å²) < 4.78 is 0. The number of carbonyl (C=O) groups excluding carboxylic acids is 2. The first-order valence-electron chi connectivity index (χ1n) is 9.34. The van der Waals surface area contributed by atoms with Gasteiger partial charge in [-0.05, 0) is 23.8 Å². The molecule has 7 heteroatoms. The first-order valence-corrected chi connectivity index (χ1v) is 11.0. The van der Waals surface area contributed by atoms with Gasteiger partial charge in [-0.1, -0.05) is 62.0 Å². The molecule has 0 bridgehead atoms. The first-order chi connectivity index (χ1) is 14.0. The van der Waals surface area contributed by atoms with Gasteiger partial charge in [-0.15, -0.1) is 11.3 Å². The molecule has 0 aliphatic carbocycles. The fourth-order valence-corrected chi connectivity index (χ4v) is 4.16. The lowest BCUT2D eigenvalue weighted by Gasteiger charge is -2.10. The summed E-state index contributed by atoms with van der Waals surface area (Å²) in [5.41, 5.74) is 1.72. The molecule has 0 spiro atoms. The average molecular weight is 426 g/mol. The lowest BCUT2D eigenvalue weighted by atomic mass is 10.2. The van der Waals surface area contributed by atoms with Gasteiger partial charge < -0.3 is 10.6 Å². The van der Waals surface area contributed by atoms with E-state index in [1.54, 1.807) is 17.1 Å². The zero-order valence-electron chi connectivity index (χ0n) is 16.3. The van der Waals surface area contributed by atoms with Crippen LogP contribution in [0.3, 0.4) is 0 Å². The van der Waals surface area contributed by atoms with E-state index in [-0.39, 0.29) is 24.2 Å². The normalized spacial score (nSPS) is 10.7. The maximum absolute atomic E-state index is 12.4. The van der Waals surface area contributed by atoms with Crippen LogP contribution in [0.2, 0.25) is 0 Å². The number of aromatic nitrogens is 1. The topological polar surface area (TPSA) is 71.1 Å². The van der Waals surface area contributed by atoms with E-state index in [4.69, 9.17) is 0 Å². The second-order valence-electron chi connectivity index (χ2n) is 6.76. The van der Waals surface area contributed by atoms with Crippen LogP contribution in [0, 0.1) is 5.92 Å². The number of thiazole rings is 1. The van der Waals surface area contributed by atoms with Gasteiger partial charge in [0.1, 0.15) is 0 Å². The van der Waals surface area contributed by atoms with E-state index in [0.717, 1.165) is 15.4 Å². The Kier molecular flexibility index (Phi) is 7.43. The molecular weight excluding hydrogens is 402 g/mol. The van der Waals surface area contributed by atoms with Gasteiger partial charge in [0.05, 0.1) is 12.1 Å². The quantitative estimate of drug-likeness (QED) is 0.546. The van der Waals surface area contributed by atoms with Crippen LogP contribution in [0.25, 0.3) is 0 Å². The largest absolute Gasteiger partial charge is 0.352 e. The van der Waals surface area contributed by atoms with E-state index in [1.165, 1.54) is 11.3 Å². The van der Waals surface area contributed by atoms with Crippen LogP contribution in [0.4, 0.5) is 5.13 Å². The van der Waals surface area contributed by atoms with Crippen molar-refractivity contribution in [2.45, 2.75) is 36.6 Å². The molecule has 150 valence electrons. The van der Waals surface area contributed by atoms with E-state index in [0.29, 0.717) is 17.4 Å². The maximum Gasteiger partial charge on any atom is 0.228 e. The Morgan fingerprint density at radius 2 is 1.79 bits per heavy atom. The number of hydrogen-bond donors (Lipinski definition) is 2. The summed E-state index contributed by atoms with van der Waals surface area (Å²) in [5, 5.41) is 8.05. The van der Waals surface area contributed by atoms with Crippen LogP contribution in [0.1, 0.15) is 25.1 Å². The number of nitrogens with zero attached hydrogens (tertiary/aromatic N) is 1. The summed E-state index contributed by atoms with van der Waals surface area (Å²) in [6, 6.07) is 18.2. The molecule has 0 atom stereocenters. The van der Waals surface area contributed by atoms with Gasteiger partial charge in [0, 0.05) is 27.6 Å². The summed E-state index contributed by atoms with van der Waals surface area (Å²) in [7, 11) is 0. The number of anilines is 1. The number of nitrogens with one attached hydrogen (secondary N) is 2. The Bertz CT molecular complexity index is 971. The standard InChI is InChI=1S/C22H23N3O2S2/c1-15(2)21(27)25-22-24-17(14-28-22)12-20(26)23-13-16-8-6-7-11-19(16)29-18-9-4-3-5-10-18/h3-11,14-15H,12-13H2,1-2H3,(H,23,26)(H,24,25,27). The molecule has 3 rings (SSSR count). The molecule has 0 radical (unpaired) electrons. The second-order valence-corrected chi connectivity index (χ2v) is 8.74. The van der Waals surface area contributed by atoms with E-state index >= 15 is 0 Å². The fraction of sp³-hybridized carbons (Fsp3) is 0.227. The molecule has 29 heavy (non-hydrogen) atoms. The van der Waals surface area contributed by atoms with Gasteiger partial charge in [-0.2, -0.15) is 0 Å². The molecule has 3 aromatic rings. The molecular formula is C22H23N3O2S2. The predicted octanol–water partition coefficient (Wildman–Crippen LogP) is 4.75. The molecule has 0 aliphatic heterocycles. The minimum atomic E-state index is -0.112. The van der Waals surface area contributed by atoms with Crippen molar-refractivity contribution in [2.24, 2.45) is 5.92 Å². The molecule has 0 aliphatic rings. The van der Waals surface area contributed by atoms with Crippen molar-refractivity contribution in [1.82, 2.24) is 10.3 Å². The van der Waals surface area contributed by atoms with Crippen molar-refractivity contribution >= 4 is 40.0 Å². The van der Waals surface area contributed by atoms with Crippen LogP contribution < -0.4 is 10.6 Å². The number of benzene rings is 2. The highest BCUT2D eigenvalue weighted by atomic mass is 32.2. The Balaban J connectivity index is 1.55. The van der Waals surface area contributed by atoms with Crippen LogP contribution in [0.5, 0.6) is 0 Å². The smallest absolute Gasteiger partial charge is 0.228 e. The lowest BCUT2D eigenvalue weighted by molar-refractivity contribution is -0.120. The molecule has 0 saturated heterocycles. The second kappa shape index (κ2) is 10.2. The third-order valence-electron chi connectivity index (χ3n) is 4.07. The van der Waals surface area contributed by atoms with E-state index < -0.39 is 0 Å². The van der Waals surface area contributed by atoms with Crippen LogP contribution in [0.15, 0.2) is 69.8 Å². The Morgan fingerprint density at radius 1 is 1.07 bits per heavy atom. The highest BCUT2D eigenvalue weighted by Gasteiger charge is 2.12. The number of amides is 2. The third-order valence-corrected chi connectivity index (χ3v) is 6.00. The minimum absolute atomic E-state index is 0.0807. The molecule has 5 nitrogen and oxygen atoms in total. The molecule has 1 aromatic heterocycles. The monoisotopic (exact) mass is 425 g/mol. The first kappa shape index (κ1) is 21.1. The molecule has 2 aromatic carbocycles. The van der Waals surface area contributed by atoms with E-state index in [9.17, 15) is 9.59 Å². The SMILES string of the molecule is CC(C)C(=O)Nc1nc(CC(=O)NCc2ccccc2Sc2ccccc2)cs1. The Labute approximate surface area is 179 Å². The van der Waals surface area contributed by atoms with Crippen molar-refractivity contribution in [2.75, 3.05) is 5.32 Å². The van der Waals surface area contributed by atoms with E-state index in [2.05, 4.69) is 33.8 Å². The molecule has 2 N–H and O–H groups in total. The highest BCUT2D eigenvalue weighted by Crippen LogP contribution is 2.30. The summed E-state index contributed by atoms with van der Waals surface area (Å²) in [6.45, 7) is 4.10. The van der Waals surface area contributed by atoms with Gasteiger partial charge in [-0.3, -0.25) is 9.59 Å². The molecule has 1 heterocycles. The van der Waals surface area contributed by atoms with Gasteiger partial charge in [0.2, 0.25) is 11.8 Å². The van der Waals surface area contributed by atoms with Crippen molar-refractivity contribution < 1.29 is 9.59 Å². The zero-order chi connectivity index (χ0) is 20.6. The van der Waals surface area contributed by atoms with Crippen LogP contribution in [-0.2, 0) is 22.6 Å². The van der Waals surface area contributed by atoms with E-state index in [1.807, 2.05) is 50.2 Å². The van der Waals surface area contributed by atoms with Crippen molar-refractivity contribution in [3.8, 4) is 0 Å². The molecule has 0 fully saturated rings.